The van der Waals surface area contributed by atoms with Gasteiger partial charge in [-0.1, -0.05) is 6.08 Å². The maximum Gasteiger partial charge on any atom is 0.163 e. The molecule has 0 fully saturated rings. The van der Waals surface area contributed by atoms with E-state index in [4.69, 9.17) is 0 Å². The van der Waals surface area contributed by atoms with E-state index >= 15 is 0 Å². The summed E-state index contributed by atoms with van der Waals surface area (Å²) in [4.78, 5) is 11.3. The zero-order valence-electron chi connectivity index (χ0n) is 7.69. The lowest BCUT2D eigenvalue weighted by atomic mass is 10.0. The summed E-state index contributed by atoms with van der Waals surface area (Å²) in [5.41, 5.74) is -0.399. The van der Waals surface area contributed by atoms with Gasteiger partial charge in [-0.3, -0.25) is 4.79 Å². The smallest absolute Gasteiger partial charge is 0.163 e. The van der Waals surface area contributed by atoms with Gasteiger partial charge in [0.1, 0.15) is 17.5 Å². The van der Waals surface area contributed by atoms with E-state index in [-0.39, 0.29) is 17.8 Å². The molecule has 0 N–H and O–H groups in total. The largest absolute Gasteiger partial charge is 0.294 e. The van der Waals surface area contributed by atoms with Gasteiger partial charge in [0.05, 0.1) is 5.56 Å². The molecule has 1 aliphatic carbocycles. The molecule has 0 heterocycles. The maximum atomic E-state index is 13.3. The molecule has 2 rings (SSSR count). The summed E-state index contributed by atoms with van der Waals surface area (Å²) in [5.74, 6) is -3.36. The van der Waals surface area contributed by atoms with Crippen molar-refractivity contribution in [3.05, 3.63) is 41.2 Å². The Morgan fingerprint density at radius 3 is 2.13 bits per heavy atom. The third kappa shape index (κ3) is 1.67. The highest BCUT2D eigenvalue weighted by Gasteiger charge is 2.23. The van der Waals surface area contributed by atoms with Gasteiger partial charge in [0.25, 0.3) is 0 Å². The molecule has 0 spiro atoms. The number of carbonyl (C=O) groups excluding carboxylic acids is 1. The molecule has 0 unspecified atom stereocenters. The van der Waals surface area contributed by atoms with Gasteiger partial charge in [-0.15, -0.1) is 0 Å². The zero-order chi connectivity index (χ0) is 11.0. The minimum atomic E-state index is -1.03. The predicted molar refractivity (Wildman–Crippen MR) is 48.5 cm³/mol. The summed E-state index contributed by atoms with van der Waals surface area (Å²) in [7, 11) is 0. The Hall–Kier alpha value is -1.58. The Balaban J connectivity index is 2.58. The summed E-state index contributed by atoms with van der Waals surface area (Å²) in [6.45, 7) is 0. The number of ketones is 1. The van der Waals surface area contributed by atoms with Crippen molar-refractivity contribution in [2.75, 3.05) is 0 Å². The van der Waals surface area contributed by atoms with E-state index in [2.05, 4.69) is 0 Å². The number of carbonyl (C=O) groups is 1. The first-order chi connectivity index (χ1) is 7.09. The lowest BCUT2D eigenvalue weighted by molar-refractivity contribution is -0.113. The van der Waals surface area contributed by atoms with Gasteiger partial charge >= 0.3 is 0 Å². The molecular weight excluding hydrogens is 205 g/mol. The van der Waals surface area contributed by atoms with Crippen LogP contribution in [0.1, 0.15) is 18.4 Å². The van der Waals surface area contributed by atoms with Crippen molar-refractivity contribution in [1.29, 1.82) is 0 Å². The first-order valence-corrected chi connectivity index (χ1v) is 4.48. The van der Waals surface area contributed by atoms with Crippen LogP contribution >= 0.6 is 0 Å². The normalized spacial score (nSPS) is 15.7. The second-order valence-electron chi connectivity index (χ2n) is 3.32. The van der Waals surface area contributed by atoms with Crippen LogP contribution in [0.25, 0.3) is 5.57 Å². The number of Topliss-reactive ketones (excluding diaryl/α,β-unsaturated/α-hetero) is 1. The van der Waals surface area contributed by atoms with Gasteiger partial charge in [0.15, 0.2) is 5.78 Å². The van der Waals surface area contributed by atoms with E-state index in [1.807, 2.05) is 0 Å². The number of halogens is 3. The molecule has 1 aromatic carbocycles. The molecule has 0 saturated carbocycles. The molecule has 1 aromatic rings. The average molecular weight is 212 g/mol. The topological polar surface area (TPSA) is 17.1 Å². The van der Waals surface area contributed by atoms with Crippen LogP contribution in [-0.2, 0) is 4.79 Å². The highest BCUT2D eigenvalue weighted by Crippen LogP contribution is 2.29. The van der Waals surface area contributed by atoms with Crippen molar-refractivity contribution in [3.8, 4) is 0 Å². The number of hydrogen-bond acceptors (Lipinski definition) is 1. The van der Waals surface area contributed by atoms with Gasteiger partial charge < -0.3 is 0 Å². The monoisotopic (exact) mass is 212 g/mol. The number of allylic oxidation sites excluding steroid dienone is 2. The summed E-state index contributed by atoms with van der Waals surface area (Å²) in [6, 6.07) is 1.15. The lowest BCUT2D eigenvalue weighted by Gasteiger charge is -2.04. The predicted octanol–water partition coefficient (Wildman–Crippen LogP) is 2.85. The van der Waals surface area contributed by atoms with Gasteiger partial charge in [-0.25, -0.2) is 13.2 Å². The van der Waals surface area contributed by atoms with Crippen LogP contribution in [0.3, 0.4) is 0 Å². The molecule has 4 heteroatoms. The van der Waals surface area contributed by atoms with Gasteiger partial charge in [-0.2, -0.15) is 0 Å². The van der Waals surface area contributed by atoms with Gasteiger partial charge in [0.2, 0.25) is 0 Å². The first kappa shape index (κ1) is 9.96. The van der Waals surface area contributed by atoms with Gasteiger partial charge in [-0.05, 0) is 6.42 Å². The minimum absolute atomic E-state index is 0.0185. The minimum Gasteiger partial charge on any atom is -0.294 e. The third-order valence-corrected chi connectivity index (χ3v) is 2.30. The second kappa shape index (κ2) is 3.53. The van der Waals surface area contributed by atoms with Crippen LogP contribution < -0.4 is 0 Å². The summed E-state index contributed by atoms with van der Waals surface area (Å²) in [5, 5.41) is 0. The van der Waals surface area contributed by atoms with Crippen LogP contribution in [0.15, 0.2) is 18.2 Å². The Labute approximate surface area is 84.2 Å². The highest BCUT2D eigenvalue weighted by atomic mass is 19.1. The van der Waals surface area contributed by atoms with Crippen molar-refractivity contribution in [2.45, 2.75) is 12.8 Å². The molecular formula is C11H7F3O. The third-order valence-electron chi connectivity index (χ3n) is 2.30. The SMILES string of the molecule is O=C1CCC=C1c1c(F)cc(F)cc1F. The molecule has 0 aliphatic heterocycles. The molecule has 0 atom stereocenters. The van der Waals surface area contributed by atoms with Crippen LogP contribution in [0.2, 0.25) is 0 Å². The molecule has 78 valence electrons. The Morgan fingerprint density at radius 1 is 1.07 bits per heavy atom. The lowest BCUT2D eigenvalue weighted by Crippen LogP contribution is -2.02. The standard InChI is InChI=1S/C11H7F3O/c12-6-4-8(13)11(9(14)5-6)7-2-1-3-10(7)15/h2,4-5H,1,3H2. The van der Waals surface area contributed by atoms with Crippen LogP contribution in [0, 0.1) is 17.5 Å². The molecule has 0 aromatic heterocycles. The van der Waals surface area contributed by atoms with Gasteiger partial charge in [0, 0.05) is 24.1 Å². The summed E-state index contributed by atoms with van der Waals surface area (Å²) in [6.07, 6.45) is 2.21. The average Bonchev–Trinajstić information content (AvgIpc) is 2.50. The van der Waals surface area contributed by atoms with E-state index in [1.54, 1.807) is 0 Å². The van der Waals surface area contributed by atoms with Crippen molar-refractivity contribution in [3.63, 3.8) is 0 Å². The van der Waals surface area contributed by atoms with Crippen LogP contribution in [0.4, 0.5) is 13.2 Å². The van der Waals surface area contributed by atoms with E-state index in [0.29, 0.717) is 18.6 Å². The van der Waals surface area contributed by atoms with Crippen molar-refractivity contribution >= 4 is 11.4 Å². The summed E-state index contributed by atoms with van der Waals surface area (Å²) < 4.78 is 39.1. The fourth-order valence-electron chi connectivity index (χ4n) is 1.64. The molecule has 1 aliphatic rings. The number of benzene rings is 1. The first-order valence-electron chi connectivity index (χ1n) is 4.48. The van der Waals surface area contributed by atoms with Crippen molar-refractivity contribution in [1.82, 2.24) is 0 Å². The van der Waals surface area contributed by atoms with E-state index < -0.39 is 23.0 Å². The van der Waals surface area contributed by atoms with Crippen molar-refractivity contribution in [2.24, 2.45) is 0 Å². The molecule has 15 heavy (non-hydrogen) atoms. The van der Waals surface area contributed by atoms with E-state index in [9.17, 15) is 18.0 Å². The maximum absolute atomic E-state index is 13.3. The summed E-state index contributed by atoms with van der Waals surface area (Å²) >= 11 is 0. The fraction of sp³-hybridized carbons (Fsp3) is 0.182. The molecule has 0 radical (unpaired) electrons. The molecule has 0 bridgehead atoms. The van der Waals surface area contributed by atoms with Crippen LogP contribution in [0.5, 0.6) is 0 Å². The van der Waals surface area contributed by atoms with E-state index in [1.165, 1.54) is 6.08 Å². The number of hydrogen-bond donors (Lipinski definition) is 0. The Kier molecular flexibility index (Phi) is 2.34. The number of rotatable bonds is 1. The van der Waals surface area contributed by atoms with Crippen molar-refractivity contribution < 1.29 is 18.0 Å². The zero-order valence-corrected chi connectivity index (χ0v) is 7.69. The Bertz CT molecular complexity index is 440. The second-order valence-corrected chi connectivity index (χ2v) is 3.32. The van der Waals surface area contributed by atoms with E-state index in [0.717, 1.165) is 0 Å². The molecule has 0 saturated heterocycles. The fourth-order valence-corrected chi connectivity index (χ4v) is 1.64. The quantitative estimate of drug-likeness (QED) is 0.699. The highest BCUT2D eigenvalue weighted by molar-refractivity contribution is 6.22. The molecule has 1 nitrogen and oxygen atoms in total. The molecule has 0 amide bonds. The Morgan fingerprint density at radius 2 is 1.67 bits per heavy atom. The van der Waals surface area contributed by atoms with Crippen LogP contribution in [-0.4, -0.2) is 5.78 Å².